The smallest absolute Gasteiger partial charge is 0.260 e. The summed E-state index contributed by atoms with van der Waals surface area (Å²) in [6.45, 7) is 2.79. The lowest BCUT2D eigenvalue weighted by molar-refractivity contribution is -0.133. The van der Waals surface area contributed by atoms with Gasteiger partial charge in [0.05, 0.1) is 11.6 Å². The molecule has 1 heterocycles. The number of hydrogen-bond acceptors (Lipinski definition) is 4. The number of rotatable bonds is 4. The molecule has 0 spiro atoms. The van der Waals surface area contributed by atoms with Crippen LogP contribution in [-0.2, 0) is 4.79 Å². The Labute approximate surface area is 152 Å². The number of nitrogens with zero attached hydrogens (tertiary/aromatic N) is 3. The third-order valence-corrected chi connectivity index (χ3v) is 4.37. The van der Waals surface area contributed by atoms with Gasteiger partial charge in [-0.25, -0.2) is 0 Å². The SMILES string of the molecule is N#Cc1cccc(OCC(=O)N2CCN(c3cccc(Cl)c3)CC2)c1. The van der Waals surface area contributed by atoms with E-state index in [0.29, 0.717) is 29.4 Å². The van der Waals surface area contributed by atoms with Gasteiger partial charge in [-0.05, 0) is 36.4 Å². The van der Waals surface area contributed by atoms with Gasteiger partial charge in [0, 0.05) is 36.9 Å². The second kappa shape index (κ2) is 7.91. The van der Waals surface area contributed by atoms with E-state index >= 15 is 0 Å². The highest BCUT2D eigenvalue weighted by atomic mass is 35.5. The fourth-order valence-corrected chi connectivity index (χ4v) is 2.96. The van der Waals surface area contributed by atoms with Crippen molar-refractivity contribution in [2.75, 3.05) is 37.7 Å². The molecular weight excluding hydrogens is 338 g/mol. The van der Waals surface area contributed by atoms with Gasteiger partial charge in [0.15, 0.2) is 6.61 Å². The summed E-state index contributed by atoms with van der Waals surface area (Å²) < 4.78 is 5.52. The molecule has 2 aromatic carbocycles. The van der Waals surface area contributed by atoms with E-state index in [1.165, 1.54) is 0 Å². The van der Waals surface area contributed by atoms with E-state index in [9.17, 15) is 4.79 Å². The molecule has 0 atom stereocenters. The first kappa shape index (κ1) is 17.1. The Kier molecular flexibility index (Phi) is 5.42. The first-order chi connectivity index (χ1) is 12.2. The molecule has 3 rings (SSSR count). The van der Waals surface area contributed by atoms with Crippen molar-refractivity contribution in [3.05, 3.63) is 59.1 Å². The van der Waals surface area contributed by atoms with Gasteiger partial charge >= 0.3 is 0 Å². The molecule has 0 saturated carbocycles. The Hall–Kier alpha value is -2.71. The molecule has 0 aromatic heterocycles. The van der Waals surface area contributed by atoms with E-state index in [1.54, 1.807) is 29.2 Å². The van der Waals surface area contributed by atoms with Crippen LogP contribution in [0.15, 0.2) is 48.5 Å². The maximum Gasteiger partial charge on any atom is 0.260 e. The fourth-order valence-electron chi connectivity index (χ4n) is 2.78. The van der Waals surface area contributed by atoms with Gasteiger partial charge in [0.25, 0.3) is 5.91 Å². The van der Waals surface area contributed by atoms with Crippen molar-refractivity contribution in [2.45, 2.75) is 0 Å². The van der Waals surface area contributed by atoms with E-state index in [2.05, 4.69) is 11.0 Å². The molecule has 1 fully saturated rings. The Morgan fingerprint density at radius 3 is 2.60 bits per heavy atom. The Morgan fingerprint density at radius 1 is 1.12 bits per heavy atom. The molecule has 6 heteroatoms. The molecule has 0 unspecified atom stereocenters. The zero-order valence-electron chi connectivity index (χ0n) is 13.7. The number of hydrogen-bond donors (Lipinski definition) is 0. The first-order valence-electron chi connectivity index (χ1n) is 8.07. The Morgan fingerprint density at radius 2 is 1.88 bits per heavy atom. The number of carbonyl (C=O) groups excluding carboxylic acids is 1. The second-order valence-electron chi connectivity index (χ2n) is 5.78. The van der Waals surface area contributed by atoms with Crippen molar-refractivity contribution >= 4 is 23.2 Å². The average Bonchev–Trinajstić information content (AvgIpc) is 2.66. The quantitative estimate of drug-likeness (QED) is 0.846. The van der Waals surface area contributed by atoms with Gasteiger partial charge in [-0.2, -0.15) is 5.26 Å². The highest BCUT2D eigenvalue weighted by Crippen LogP contribution is 2.21. The molecule has 5 nitrogen and oxygen atoms in total. The van der Waals surface area contributed by atoms with Crippen molar-refractivity contribution in [3.8, 4) is 11.8 Å². The molecule has 0 bridgehead atoms. The number of benzene rings is 2. The minimum atomic E-state index is -0.0481. The first-order valence-corrected chi connectivity index (χ1v) is 8.45. The van der Waals surface area contributed by atoms with Gasteiger partial charge in [0.2, 0.25) is 0 Å². The van der Waals surface area contributed by atoms with E-state index in [1.807, 2.05) is 24.3 Å². The minimum absolute atomic E-state index is 0.0218. The summed E-state index contributed by atoms with van der Waals surface area (Å²) in [5.41, 5.74) is 1.59. The van der Waals surface area contributed by atoms with Crippen LogP contribution in [0.5, 0.6) is 5.75 Å². The summed E-state index contributed by atoms with van der Waals surface area (Å²) in [4.78, 5) is 16.3. The number of nitriles is 1. The molecule has 1 amide bonds. The van der Waals surface area contributed by atoms with Crippen molar-refractivity contribution in [1.29, 1.82) is 5.26 Å². The minimum Gasteiger partial charge on any atom is -0.484 e. The van der Waals surface area contributed by atoms with Crippen LogP contribution in [0.4, 0.5) is 5.69 Å². The maximum atomic E-state index is 12.3. The predicted octanol–water partition coefficient (Wildman–Crippen LogP) is 2.94. The van der Waals surface area contributed by atoms with Crippen molar-refractivity contribution in [1.82, 2.24) is 4.90 Å². The Balaban J connectivity index is 1.50. The van der Waals surface area contributed by atoms with E-state index < -0.39 is 0 Å². The number of piperazine rings is 1. The number of carbonyl (C=O) groups is 1. The summed E-state index contributed by atoms with van der Waals surface area (Å²) in [6.07, 6.45) is 0. The number of ether oxygens (including phenoxy) is 1. The lowest BCUT2D eigenvalue weighted by Gasteiger charge is -2.36. The van der Waals surface area contributed by atoms with Crippen LogP contribution < -0.4 is 9.64 Å². The normalized spacial score (nSPS) is 14.1. The highest BCUT2D eigenvalue weighted by molar-refractivity contribution is 6.30. The second-order valence-corrected chi connectivity index (χ2v) is 6.21. The van der Waals surface area contributed by atoms with Crippen molar-refractivity contribution in [3.63, 3.8) is 0 Å². The van der Waals surface area contributed by atoms with Gasteiger partial charge in [0.1, 0.15) is 5.75 Å². The van der Waals surface area contributed by atoms with E-state index in [0.717, 1.165) is 18.8 Å². The molecule has 0 radical (unpaired) electrons. The molecule has 1 saturated heterocycles. The van der Waals surface area contributed by atoms with Crippen LogP contribution in [0.2, 0.25) is 5.02 Å². The molecule has 1 aliphatic rings. The van der Waals surface area contributed by atoms with E-state index in [-0.39, 0.29) is 12.5 Å². The highest BCUT2D eigenvalue weighted by Gasteiger charge is 2.21. The van der Waals surface area contributed by atoms with Crippen LogP contribution in [0.25, 0.3) is 0 Å². The summed E-state index contributed by atoms with van der Waals surface area (Å²) in [7, 11) is 0. The van der Waals surface area contributed by atoms with Gasteiger partial charge in [-0.15, -0.1) is 0 Å². The number of halogens is 1. The molecular formula is C19H18ClN3O2. The van der Waals surface area contributed by atoms with Crippen LogP contribution in [0, 0.1) is 11.3 Å². The Bertz CT molecular complexity index is 795. The summed E-state index contributed by atoms with van der Waals surface area (Å²) in [5, 5.41) is 9.60. The van der Waals surface area contributed by atoms with Crippen molar-refractivity contribution in [2.24, 2.45) is 0 Å². The van der Waals surface area contributed by atoms with Crippen molar-refractivity contribution < 1.29 is 9.53 Å². The third-order valence-electron chi connectivity index (χ3n) is 4.13. The van der Waals surface area contributed by atoms with Crippen LogP contribution in [0.3, 0.4) is 0 Å². The lowest BCUT2D eigenvalue weighted by Crippen LogP contribution is -2.50. The fraction of sp³-hybridized carbons (Fsp3) is 0.263. The van der Waals surface area contributed by atoms with Gasteiger partial charge < -0.3 is 14.5 Å². The molecule has 2 aromatic rings. The zero-order chi connectivity index (χ0) is 17.6. The van der Waals surface area contributed by atoms with Gasteiger partial charge in [-0.3, -0.25) is 4.79 Å². The maximum absolute atomic E-state index is 12.3. The number of anilines is 1. The average molecular weight is 356 g/mol. The summed E-state index contributed by atoms with van der Waals surface area (Å²) >= 11 is 6.04. The summed E-state index contributed by atoms with van der Waals surface area (Å²) in [6, 6.07) is 16.6. The number of amides is 1. The topological polar surface area (TPSA) is 56.6 Å². The standard InChI is InChI=1S/C19H18ClN3O2/c20-16-4-2-5-17(12-16)22-7-9-23(10-8-22)19(24)14-25-18-6-1-3-15(11-18)13-21/h1-6,11-12H,7-10,14H2. The molecule has 1 aliphatic heterocycles. The summed E-state index contributed by atoms with van der Waals surface area (Å²) in [5.74, 6) is 0.484. The molecule has 128 valence electrons. The molecule has 0 aliphatic carbocycles. The van der Waals surface area contributed by atoms with Gasteiger partial charge in [-0.1, -0.05) is 23.7 Å². The van der Waals surface area contributed by atoms with Crippen LogP contribution in [0.1, 0.15) is 5.56 Å². The third kappa shape index (κ3) is 4.43. The van der Waals surface area contributed by atoms with E-state index in [4.69, 9.17) is 21.6 Å². The predicted molar refractivity (Wildman–Crippen MR) is 96.9 cm³/mol. The van der Waals surface area contributed by atoms with Crippen LogP contribution >= 0.6 is 11.6 Å². The monoisotopic (exact) mass is 355 g/mol. The zero-order valence-corrected chi connectivity index (χ0v) is 14.4. The molecule has 0 N–H and O–H groups in total. The largest absolute Gasteiger partial charge is 0.484 e. The lowest BCUT2D eigenvalue weighted by atomic mass is 10.2. The molecule has 25 heavy (non-hydrogen) atoms. The van der Waals surface area contributed by atoms with Crippen LogP contribution in [-0.4, -0.2) is 43.6 Å².